The molecule has 0 fully saturated rings. The van der Waals surface area contributed by atoms with Crippen LogP contribution in [0.25, 0.3) is 0 Å². The van der Waals surface area contributed by atoms with Crippen molar-refractivity contribution in [3.63, 3.8) is 0 Å². The Kier molecular flexibility index (Phi) is 7.03. The van der Waals surface area contributed by atoms with Gasteiger partial charge in [0, 0.05) is 24.1 Å². The molecule has 1 aliphatic rings. The number of benzene rings is 2. The summed E-state index contributed by atoms with van der Waals surface area (Å²) in [5, 5.41) is 0.00446. The van der Waals surface area contributed by atoms with Crippen LogP contribution < -0.4 is 20.7 Å². The standard InChI is InChI=1S/C27H15ClFN3O9/c1-13(33)39-20-10-21(30-11-18(20)28)40-25(36)15-8-6-14(7-9-15)22(34)32-23(35)19(29)12-31(27(32)38)24-16-4-2-3-5-17(16)26(37)41-24/h2-12,24H,1H3. The molecule has 0 radical (unpaired) electrons. The van der Waals surface area contributed by atoms with E-state index in [0.717, 1.165) is 43.5 Å². The lowest BCUT2D eigenvalue weighted by Gasteiger charge is -2.16. The number of cyclic esters (lactones) is 1. The first-order chi connectivity index (χ1) is 19.5. The van der Waals surface area contributed by atoms with Gasteiger partial charge in [0.2, 0.25) is 17.9 Å². The fraction of sp³-hybridized carbons (Fsp3) is 0.0741. The Morgan fingerprint density at radius 2 is 1.68 bits per heavy atom. The summed E-state index contributed by atoms with van der Waals surface area (Å²) in [4.78, 5) is 78.6. The number of fused-ring (bicyclic) bond motifs is 1. The number of ether oxygens (including phenoxy) is 3. The summed E-state index contributed by atoms with van der Waals surface area (Å²) in [7, 11) is 0. The molecule has 0 amide bonds. The van der Waals surface area contributed by atoms with E-state index >= 15 is 0 Å². The van der Waals surface area contributed by atoms with Gasteiger partial charge in [0.1, 0.15) is 5.02 Å². The van der Waals surface area contributed by atoms with Crippen LogP contribution in [0.15, 0.2) is 76.6 Å². The maximum atomic E-state index is 14.6. The van der Waals surface area contributed by atoms with Crippen LogP contribution in [0.3, 0.4) is 0 Å². The second-order valence-electron chi connectivity index (χ2n) is 8.47. The zero-order valence-corrected chi connectivity index (χ0v) is 21.5. The van der Waals surface area contributed by atoms with Crippen LogP contribution in [0.5, 0.6) is 11.6 Å². The van der Waals surface area contributed by atoms with Crippen molar-refractivity contribution in [2.24, 2.45) is 0 Å². The first-order valence-electron chi connectivity index (χ1n) is 11.6. The maximum absolute atomic E-state index is 14.6. The monoisotopic (exact) mass is 579 g/mol. The molecule has 0 aliphatic carbocycles. The number of carbonyl (C=O) groups is 4. The second-order valence-corrected chi connectivity index (χ2v) is 8.88. The summed E-state index contributed by atoms with van der Waals surface area (Å²) in [5.74, 6) is -5.30. The molecule has 0 spiro atoms. The molecule has 0 saturated heterocycles. The minimum atomic E-state index is -1.52. The van der Waals surface area contributed by atoms with Gasteiger partial charge in [-0.1, -0.05) is 29.8 Å². The summed E-state index contributed by atoms with van der Waals surface area (Å²) >= 11 is 5.89. The van der Waals surface area contributed by atoms with Gasteiger partial charge < -0.3 is 14.2 Å². The molecule has 5 rings (SSSR count). The smallest absolute Gasteiger partial charge is 0.344 e. The van der Waals surface area contributed by atoms with Crippen LogP contribution in [-0.2, 0) is 9.53 Å². The molecule has 14 heteroatoms. The van der Waals surface area contributed by atoms with E-state index in [0.29, 0.717) is 10.8 Å². The highest BCUT2D eigenvalue weighted by molar-refractivity contribution is 6.32. The summed E-state index contributed by atoms with van der Waals surface area (Å²) in [6.45, 7) is 1.15. The van der Waals surface area contributed by atoms with Crippen molar-refractivity contribution in [1.82, 2.24) is 14.1 Å². The molecule has 1 aliphatic heterocycles. The lowest BCUT2D eigenvalue weighted by atomic mass is 10.1. The van der Waals surface area contributed by atoms with Gasteiger partial charge in [-0.3, -0.25) is 19.0 Å². The molecule has 4 aromatic rings. The number of halogens is 2. The summed E-state index contributed by atoms with van der Waals surface area (Å²) < 4.78 is 30.6. The Labute approximate surface area is 233 Å². The number of carbonyl (C=O) groups excluding carboxylic acids is 4. The van der Waals surface area contributed by atoms with E-state index in [1.165, 1.54) is 12.1 Å². The van der Waals surface area contributed by atoms with Crippen molar-refractivity contribution in [3.05, 3.63) is 121 Å². The summed E-state index contributed by atoms with van der Waals surface area (Å²) in [6, 6.07) is 11.8. The van der Waals surface area contributed by atoms with Crippen LogP contribution in [0.1, 0.15) is 49.8 Å². The van der Waals surface area contributed by atoms with Gasteiger partial charge in [-0.05, 0) is 30.3 Å². The number of nitrogens with zero attached hydrogens (tertiary/aromatic N) is 3. The van der Waals surface area contributed by atoms with E-state index in [-0.39, 0.29) is 43.5 Å². The second kappa shape index (κ2) is 10.6. The van der Waals surface area contributed by atoms with Crippen molar-refractivity contribution < 1.29 is 37.8 Å². The van der Waals surface area contributed by atoms with Gasteiger partial charge in [0.05, 0.1) is 23.5 Å². The predicted molar refractivity (Wildman–Crippen MR) is 137 cm³/mol. The lowest BCUT2D eigenvalue weighted by molar-refractivity contribution is -0.131. The molecule has 12 nitrogen and oxygen atoms in total. The summed E-state index contributed by atoms with van der Waals surface area (Å²) in [6.07, 6.45) is 0.268. The lowest BCUT2D eigenvalue weighted by Crippen LogP contribution is -2.46. The highest BCUT2D eigenvalue weighted by Crippen LogP contribution is 2.31. The number of hydrogen-bond acceptors (Lipinski definition) is 10. The number of pyridine rings is 1. The topological polar surface area (TPSA) is 153 Å². The molecule has 1 atom stereocenters. The van der Waals surface area contributed by atoms with Crippen LogP contribution in [-0.4, -0.2) is 37.9 Å². The average Bonchev–Trinajstić information content (AvgIpc) is 3.28. The fourth-order valence-electron chi connectivity index (χ4n) is 3.95. The summed E-state index contributed by atoms with van der Waals surface area (Å²) in [5.41, 5.74) is -2.69. The molecule has 0 saturated carbocycles. The van der Waals surface area contributed by atoms with E-state index < -0.39 is 47.1 Å². The van der Waals surface area contributed by atoms with Crippen LogP contribution in [0, 0.1) is 5.82 Å². The zero-order valence-electron chi connectivity index (χ0n) is 20.7. The molecule has 3 heterocycles. The molecule has 0 bridgehead atoms. The molecular weight excluding hydrogens is 565 g/mol. The third-order valence-corrected chi connectivity index (χ3v) is 6.09. The minimum absolute atomic E-state index is 0.00446. The number of rotatable bonds is 5. The Morgan fingerprint density at radius 1 is 1.00 bits per heavy atom. The van der Waals surface area contributed by atoms with E-state index in [2.05, 4.69) is 4.98 Å². The molecule has 2 aromatic carbocycles. The minimum Gasteiger partial charge on any atom is -0.433 e. The molecule has 41 heavy (non-hydrogen) atoms. The number of hydrogen-bond donors (Lipinski definition) is 0. The SMILES string of the molecule is CC(=O)Oc1cc(OC(=O)c2ccc(C(=O)n3c(=O)c(F)cn(C4OC(=O)c5ccccc54)c3=O)cc2)ncc1Cl. The maximum Gasteiger partial charge on any atom is 0.344 e. The molecule has 1 unspecified atom stereocenters. The molecule has 206 valence electrons. The zero-order chi connectivity index (χ0) is 29.4. The van der Waals surface area contributed by atoms with Crippen molar-refractivity contribution in [1.29, 1.82) is 0 Å². The number of aromatic nitrogens is 3. The van der Waals surface area contributed by atoms with Crippen molar-refractivity contribution in [2.75, 3.05) is 0 Å². The Morgan fingerprint density at radius 3 is 2.39 bits per heavy atom. The van der Waals surface area contributed by atoms with Gasteiger partial charge in [-0.15, -0.1) is 0 Å². The van der Waals surface area contributed by atoms with Crippen LogP contribution in [0.4, 0.5) is 4.39 Å². The van der Waals surface area contributed by atoms with E-state index in [9.17, 15) is 33.2 Å². The number of esters is 3. The van der Waals surface area contributed by atoms with Gasteiger partial charge in [-0.25, -0.2) is 19.4 Å². The molecule has 2 aromatic heterocycles. The van der Waals surface area contributed by atoms with Crippen molar-refractivity contribution in [2.45, 2.75) is 13.2 Å². The average molecular weight is 580 g/mol. The van der Waals surface area contributed by atoms with Crippen molar-refractivity contribution in [3.8, 4) is 11.6 Å². The van der Waals surface area contributed by atoms with E-state index in [4.69, 9.17) is 25.8 Å². The first-order valence-corrected chi connectivity index (χ1v) is 12.0. The predicted octanol–water partition coefficient (Wildman–Crippen LogP) is 2.75. The normalized spacial score (nSPS) is 13.7. The highest BCUT2D eigenvalue weighted by atomic mass is 35.5. The Hall–Kier alpha value is -5.43. The fourth-order valence-corrected chi connectivity index (χ4v) is 4.09. The molecular formula is C27H15ClFN3O9. The largest absolute Gasteiger partial charge is 0.433 e. The van der Waals surface area contributed by atoms with Crippen LogP contribution in [0.2, 0.25) is 5.02 Å². The first kappa shape index (κ1) is 27.1. The Balaban J connectivity index is 1.42. The van der Waals surface area contributed by atoms with Gasteiger partial charge in [0.15, 0.2) is 5.75 Å². The van der Waals surface area contributed by atoms with E-state index in [1.54, 1.807) is 12.1 Å². The third kappa shape index (κ3) is 5.13. The molecule has 0 N–H and O–H groups in total. The van der Waals surface area contributed by atoms with Gasteiger partial charge in [0.25, 0.3) is 11.5 Å². The Bertz CT molecular complexity index is 1880. The third-order valence-electron chi connectivity index (χ3n) is 5.81. The van der Waals surface area contributed by atoms with Crippen LogP contribution >= 0.6 is 11.6 Å². The highest BCUT2D eigenvalue weighted by Gasteiger charge is 2.34. The van der Waals surface area contributed by atoms with Crippen molar-refractivity contribution >= 4 is 35.4 Å². The van der Waals surface area contributed by atoms with Gasteiger partial charge >= 0.3 is 23.6 Å². The van der Waals surface area contributed by atoms with Gasteiger partial charge in [-0.2, -0.15) is 8.96 Å². The van der Waals surface area contributed by atoms with E-state index in [1.807, 2.05) is 0 Å². The quantitative estimate of drug-likeness (QED) is 0.322.